The zero-order chi connectivity index (χ0) is 17.3. The second-order valence-electron chi connectivity index (χ2n) is 5.56. The van der Waals surface area contributed by atoms with Gasteiger partial charge in [-0.1, -0.05) is 12.1 Å². The van der Waals surface area contributed by atoms with Crippen molar-refractivity contribution in [2.75, 3.05) is 14.2 Å². The van der Waals surface area contributed by atoms with E-state index in [1.807, 2.05) is 24.3 Å². The minimum atomic E-state index is -0.904. The number of ether oxygens (including phenoxy) is 2. The minimum absolute atomic E-state index is 0.129. The van der Waals surface area contributed by atoms with Crippen LogP contribution >= 0.6 is 0 Å². The average Bonchev–Trinajstić information content (AvgIpc) is 2.86. The fraction of sp³-hybridized carbons (Fsp3) is 0.278. The lowest BCUT2D eigenvalue weighted by Crippen LogP contribution is -2.25. The third kappa shape index (κ3) is 2.65. The molecule has 1 heterocycles. The number of aromatic nitrogens is 2. The maximum Gasteiger partial charge on any atom is 0.328 e. The smallest absolute Gasteiger partial charge is 0.328 e. The average molecular weight is 328 g/mol. The summed E-state index contributed by atoms with van der Waals surface area (Å²) >= 11 is 0. The van der Waals surface area contributed by atoms with E-state index in [-0.39, 0.29) is 12.2 Å². The van der Waals surface area contributed by atoms with Crippen LogP contribution in [-0.2, 0) is 13.6 Å². The molecule has 1 aromatic heterocycles. The molecule has 0 aliphatic rings. The van der Waals surface area contributed by atoms with Crippen molar-refractivity contribution in [3.63, 3.8) is 0 Å². The van der Waals surface area contributed by atoms with E-state index in [0.29, 0.717) is 17.1 Å². The lowest BCUT2D eigenvalue weighted by Gasteiger charge is -2.16. The number of nitrogens with zero attached hydrogens (tertiary/aromatic N) is 2. The van der Waals surface area contributed by atoms with Crippen LogP contribution in [-0.4, -0.2) is 28.5 Å². The first-order chi connectivity index (χ1) is 11.6. The highest BCUT2D eigenvalue weighted by atomic mass is 16.5. The number of rotatable bonds is 5. The van der Waals surface area contributed by atoms with Crippen molar-refractivity contribution in [1.82, 2.24) is 9.13 Å². The fourth-order valence-corrected chi connectivity index (χ4v) is 2.91. The van der Waals surface area contributed by atoms with Crippen molar-refractivity contribution in [2.24, 2.45) is 7.05 Å². The lowest BCUT2D eigenvalue weighted by molar-refractivity contribution is 0.152. The Morgan fingerprint density at radius 3 is 2.46 bits per heavy atom. The first-order valence-electron chi connectivity index (χ1n) is 7.61. The van der Waals surface area contributed by atoms with Crippen LogP contribution in [0, 0.1) is 0 Å². The maximum absolute atomic E-state index is 12.5. The summed E-state index contributed by atoms with van der Waals surface area (Å²) < 4.78 is 13.7. The Hall–Kier alpha value is -2.73. The van der Waals surface area contributed by atoms with Crippen LogP contribution in [0.4, 0.5) is 0 Å². The number of imidazole rings is 1. The van der Waals surface area contributed by atoms with Crippen molar-refractivity contribution in [1.29, 1.82) is 0 Å². The van der Waals surface area contributed by atoms with Crippen LogP contribution < -0.4 is 15.2 Å². The zero-order valence-corrected chi connectivity index (χ0v) is 13.9. The number of aliphatic hydroxyl groups excluding tert-OH is 1. The van der Waals surface area contributed by atoms with Gasteiger partial charge < -0.3 is 14.6 Å². The molecular weight excluding hydrogens is 308 g/mol. The first-order valence-corrected chi connectivity index (χ1v) is 7.61. The van der Waals surface area contributed by atoms with Crippen molar-refractivity contribution in [2.45, 2.75) is 12.6 Å². The maximum atomic E-state index is 12.5. The van der Waals surface area contributed by atoms with Gasteiger partial charge in [-0.05, 0) is 30.3 Å². The monoisotopic (exact) mass is 328 g/mol. The quantitative estimate of drug-likeness (QED) is 0.779. The van der Waals surface area contributed by atoms with Gasteiger partial charge >= 0.3 is 5.69 Å². The standard InChI is InChI=1S/C18H20N2O4/c1-19-14-6-4-5-7-15(14)20(18(19)22)11-16(21)13-10-12(23-2)8-9-17(13)24-3/h4-10,16,21H,11H2,1-3H3. The molecule has 2 aromatic carbocycles. The summed E-state index contributed by atoms with van der Waals surface area (Å²) in [7, 11) is 4.83. The highest BCUT2D eigenvalue weighted by Crippen LogP contribution is 2.30. The van der Waals surface area contributed by atoms with Crippen LogP contribution in [0.5, 0.6) is 11.5 Å². The number of methoxy groups -OCH3 is 2. The van der Waals surface area contributed by atoms with E-state index in [0.717, 1.165) is 11.0 Å². The van der Waals surface area contributed by atoms with E-state index in [9.17, 15) is 9.90 Å². The second-order valence-corrected chi connectivity index (χ2v) is 5.56. The molecule has 1 N–H and O–H groups in total. The summed E-state index contributed by atoms with van der Waals surface area (Å²) in [5.41, 5.74) is 2.02. The van der Waals surface area contributed by atoms with Gasteiger partial charge in [0.1, 0.15) is 17.6 Å². The normalized spacial score (nSPS) is 12.3. The molecule has 0 spiro atoms. The Balaban J connectivity index is 2.03. The van der Waals surface area contributed by atoms with Crippen LogP contribution in [0.1, 0.15) is 11.7 Å². The summed E-state index contributed by atoms with van der Waals surface area (Å²) in [4.78, 5) is 12.5. The number of aryl methyl sites for hydroxylation is 1. The van der Waals surface area contributed by atoms with Crippen LogP contribution in [0.15, 0.2) is 47.3 Å². The molecule has 24 heavy (non-hydrogen) atoms. The molecular formula is C18H20N2O4. The topological polar surface area (TPSA) is 65.6 Å². The molecule has 0 fully saturated rings. The number of aliphatic hydroxyl groups is 1. The van der Waals surface area contributed by atoms with E-state index >= 15 is 0 Å². The molecule has 3 rings (SSSR count). The van der Waals surface area contributed by atoms with Crippen LogP contribution in [0.3, 0.4) is 0 Å². The second kappa shape index (κ2) is 6.41. The zero-order valence-electron chi connectivity index (χ0n) is 13.9. The summed E-state index contributed by atoms with van der Waals surface area (Å²) in [6, 6.07) is 12.7. The Bertz CT molecular complexity index is 926. The van der Waals surface area contributed by atoms with Crippen molar-refractivity contribution < 1.29 is 14.6 Å². The number of para-hydroxylation sites is 2. The molecule has 3 aromatic rings. The number of hydrogen-bond donors (Lipinski definition) is 1. The fourth-order valence-electron chi connectivity index (χ4n) is 2.91. The van der Waals surface area contributed by atoms with Gasteiger partial charge in [0, 0.05) is 12.6 Å². The Labute approximate surface area is 139 Å². The van der Waals surface area contributed by atoms with Gasteiger partial charge in [0.25, 0.3) is 0 Å². The first kappa shape index (κ1) is 16.1. The van der Waals surface area contributed by atoms with Gasteiger partial charge in [0.2, 0.25) is 0 Å². The van der Waals surface area contributed by atoms with Crippen molar-refractivity contribution in [3.05, 3.63) is 58.5 Å². The summed E-state index contributed by atoms with van der Waals surface area (Å²) in [5, 5.41) is 10.7. The third-order valence-electron chi connectivity index (χ3n) is 4.20. The van der Waals surface area contributed by atoms with Crippen molar-refractivity contribution >= 4 is 11.0 Å². The number of hydrogen-bond acceptors (Lipinski definition) is 4. The summed E-state index contributed by atoms with van der Waals surface area (Å²) in [5.74, 6) is 1.17. The largest absolute Gasteiger partial charge is 0.497 e. The van der Waals surface area contributed by atoms with E-state index in [4.69, 9.17) is 9.47 Å². The molecule has 0 saturated carbocycles. The van der Waals surface area contributed by atoms with Gasteiger partial charge in [-0.25, -0.2) is 4.79 Å². The van der Waals surface area contributed by atoms with Gasteiger partial charge in [-0.3, -0.25) is 9.13 Å². The van der Waals surface area contributed by atoms with Gasteiger partial charge in [0.15, 0.2) is 0 Å². The molecule has 0 aliphatic carbocycles. The summed E-state index contributed by atoms with van der Waals surface area (Å²) in [6.45, 7) is 0.129. The Kier molecular flexibility index (Phi) is 4.31. The van der Waals surface area contributed by atoms with Gasteiger partial charge in [-0.15, -0.1) is 0 Å². The van der Waals surface area contributed by atoms with E-state index < -0.39 is 6.10 Å². The molecule has 6 heteroatoms. The van der Waals surface area contributed by atoms with Crippen LogP contribution in [0.25, 0.3) is 11.0 Å². The van der Waals surface area contributed by atoms with Crippen LogP contribution in [0.2, 0.25) is 0 Å². The highest BCUT2D eigenvalue weighted by molar-refractivity contribution is 5.75. The molecule has 126 valence electrons. The Morgan fingerprint density at radius 2 is 1.79 bits per heavy atom. The number of fused-ring (bicyclic) bond motifs is 1. The van der Waals surface area contributed by atoms with Crippen molar-refractivity contribution in [3.8, 4) is 11.5 Å². The Morgan fingerprint density at radius 1 is 1.08 bits per heavy atom. The molecule has 1 atom stereocenters. The molecule has 0 saturated heterocycles. The highest BCUT2D eigenvalue weighted by Gasteiger charge is 2.19. The predicted molar refractivity (Wildman–Crippen MR) is 91.7 cm³/mol. The molecule has 0 bridgehead atoms. The van der Waals surface area contributed by atoms with E-state index in [1.165, 1.54) is 0 Å². The molecule has 0 aliphatic heterocycles. The SMILES string of the molecule is COc1ccc(OC)c(C(O)Cn2c(=O)n(C)c3ccccc32)c1. The molecule has 1 unspecified atom stereocenters. The molecule has 6 nitrogen and oxygen atoms in total. The van der Waals surface area contributed by atoms with Gasteiger partial charge in [0.05, 0.1) is 31.8 Å². The summed E-state index contributed by atoms with van der Waals surface area (Å²) in [6.07, 6.45) is -0.904. The molecule has 0 radical (unpaired) electrons. The predicted octanol–water partition coefficient (Wildman–Crippen LogP) is 2.09. The van der Waals surface area contributed by atoms with E-state index in [1.54, 1.807) is 48.6 Å². The lowest BCUT2D eigenvalue weighted by atomic mass is 10.1. The number of benzene rings is 2. The molecule has 0 amide bonds. The van der Waals surface area contributed by atoms with E-state index in [2.05, 4.69) is 0 Å². The van der Waals surface area contributed by atoms with Gasteiger partial charge in [-0.2, -0.15) is 0 Å². The minimum Gasteiger partial charge on any atom is -0.497 e. The third-order valence-corrected chi connectivity index (χ3v) is 4.20.